The summed E-state index contributed by atoms with van der Waals surface area (Å²) in [6.45, 7) is 15.3. The van der Waals surface area contributed by atoms with Gasteiger partial charge in [-0.25, -0.2) is 0 Å². The van der Waals surface area contributed by atoms with Gasteiger partial charge in [0.1, 0.15) is 6.10 Å². The second-order valence-corrected chi connectivity index (χ2v) is 19.1. The van der Waals surface area contributed by atoms with E-state index in [1.54, 1.807) is 0 Å². The predicted octanol–water partition coefficient (Wildman–Crippen LogP) is 10.6. The zero-order valence-electron chi connectivity index (χ0n) is 26.8. The van der Waals surface area contributed by atoms with Crippen LogP contribution in [0.25, 0.3) is 0 Å². The van der Waals surface area contributed by atoms with Gasteiger partial charge in [0, 0.05) is 32.8 Å². The molecular formula is C34H46F5NO2S. The van der Waals surface area contributed by atoms with Crippen molar-refractivity contribution in [3.05, 3.63) is 63.5 Å². The number of aromatic nitrogens is 1. The van der Waals surface area contributed by atoms with E-state index in [0.29, 0.717) is 5.56 Å². The fraction of sp³-hybridized carbons (Fsp3) is 0.676. The van der Waals surface area contributed by atoms with Crippen molar-refractivity contribution in [1.29, 1.82) is 0 Å². The summed E-state index contributed by atoms with van der Waals surface area (Å²) >= 11 is 0. The Labute approximate surface area is 254 Å². The molecule has 0 N–H and O–H groups in total. The summed E-state index contributed by atoms with van der Waals surface area (Å²) in [6.07, 6.45) is 3.24. The van der Waals surface area contributed by atoms with E-state index in [4.69, 9.17) is 13.9 Å². The van der Waals surface area contributed by atoms with Gasteiger partial charge in [0.05, 0.1) is 11.7 Å². The highest BCUT2D eigenvalue weighted by Crippen LogP contribution is 2.63. The number of benzene rings is 1. The van der Waals surface area contributed by atoms with Crippen molar-refractivity contribution in [1.82, 2.24) is 4.98 Å². The molecule has 0 amide bonds. The minimum atomic E-state index is -5.67. The van der Waals surface area contributed by atoms with Crippen LogP contribution in [0.4, 0.5) is 22.0 Å². The topological polar surface area (TPSA) is 31.4 Å². The van der Waals surface area contributed by atoms with Crippen LogP contribution in [-0.4, -0.2) is 28.4 Å². The fourth-order valence-corrected chi connectivity index (χ4v) is 7.96. The number of alkyl halides is 5. The molecule has 2 heterocycles. The van der Waals surface area contributed by atoms with E-state index in [1.165, 1.54) is 12.1 Å². The van der Waals surface area contributed by atoms with E-state index in [2.05, 4.69) is 61.0 Å². The summed E-state index contributed by atoms with van der Waals surface area (Å²) in [5.74, 6) is -4.88. The molecule has 1 saturated carbocycles. The van der Waals surface area contributed by atoms with Crippen molar-refractivity contribution in [3.63, 3.8) is 0 Å². The van der Waals surface area contributed by atoms with Crippen LogP contribution in [-0.2, 0) is 26.9 Å². The third kappa shape index (κ3) is 5.54. The maximum Gasteiger partial charge on any atom is 0.458 e. The number of fused-ring (bicyclic) bond motifs is 4. The lowest BCUT2D eigenvalue weighted by Crippen LogP contribution is -2.35. The Morgan fingerprint density at radius 3 is 2.05 bits per heavy atom. The Hall–Kier alpha value is -1.71. The summed E-state index contributed by atoms with van der Waals surface area (Å²) in [4.78, 5) is 5.32. The lowest BCUT2D eigenvalue weighted by atomic mass is 9.70. The van der Waals surface area contributed by atoms with Crippen molar-refractivity contribution in [2.75, 3.05) is 12.5 Å². The minimum Gasteiger partial charge on any atom is -0.358 e. The monoisotopic (exact) mass is 627 g/mol. The first-order valence-corrected chi connectivity index (χ1v) is 17.7. The summed E-state index contributed by atoms with van der Waals surface area (Å²) in [5.41, 5.74) is 4.04. The number of pyridine rings is 1. The molecule has 2 unspecified atom stereocenters. The quantitative estimate of drug-likeness (QED) is 0.309. The van der Waals surface area contributed by atoms with E-state index < -0.39 is 39.7 Å². The van der Waals surface area contributed by atoms with Gasteiger partial charge in [-0.05, 0) is 60.7 Å². The first-order valence-electron chi connectivity index (χ1n) is 15.3. The molecule has 5 rings (SSSR count). The third-order valence-electron chi connectivity index (χ3n) is 9.87. The average molecular weight is 628 g/mol. The Morgan fingerprint density at radius 1 is 0.953 bits per heavy atom. The summed E-state index contributed by atoms with van der Waals surface area (Å²) in [6, 6.07) is 4.50. The molecule has 1 aromatic heterocycles. The van der Waals surface area contributed by atoms with Gasteiger partial charge in [-0.3, -0.25) is 4.98 Å². The van der Waals surface area contributed by atoms with Crippen molar-refractivity contribution in [2.24, 2.45) is 5.41 Å². The maximum absolute atomic E-state index is 14.2. The fourth-order valence-electron chi connectivity index (χ4n) is 6.93. The molecule has 0 saturated heterocycles. The summed E-state index contributed by atoms with van der Waals surface area (Å²) < 4.78 is 81.8. The number of ether oxygens (including phenoxy) is 1. The Morgan fingerprint density at radius 2 is 1.53 bits per heavy atom. The zero-order chi connectivity index (χ0) is 32.0. The van der Waals surface area contributed by atoms with E-state index in [-0.39, 0.29) is 22.2 Å². The second kappa shape index (κ2) is 10.4. The van der Waals surface area contributed by atoms with Gasteiger partial charge in [-0.15, -0.1) is 10.3 Å². The molecule has 1 aliphatic heterocycles. The SMILES string of the molecule is CC(C)c1nc2c(c3c1C(c1ccc(C(F)(F)C(F)(F)F)cc1)OC31CCCC1)C(OS(C)(C)C(C)(C)C)CC(C)(C)C2. The average Bonchev–Trinajstić information content (AvgIpc) is 3.46. The first-order chi connectivity index (χ1) is 19.6. The molecule has 43 heavy (non-hydrogen) atoms. The molecule has 0 bridgehead atoms. The lowest BCUT2D eigenvalue weighted by Gasteiger charge is -2.49. The van der Waals surface area contributed by atoms with Gasteiger partial charge in [0.15, 0.2) is 0 Å². The van der Waals surface area contributed by atoms with Gasteiger partial charge < -0.3 is 8.92 Å². The van der Waals surface area contributed by atoms with Crippen LogP contribution < -0.4 is 0 Å². The van der Waals surface area contributed by atoms with Crippen LogP contribution in [0.2, 0.25) is 0 Å². The predicted molar refractivity (Wildman–Crippen MR) is 163 cm³/mol. The highest BCUT2D eigenvalue weighted by atomic mass is 32.3. The van der Waals surface area contributed by atoms with E-state index in [1.807, 2.05) is 0 Å². The summed E-state index contributed by atoms with van der Waals surface area (Å²) in [5, 5.41) is 0. The molecule has 3 nitrogen and oxygen atoms in total. The smallest absolute Gasteiger partial charge is 0.358 e. The Balaban J connectivity index is 1.72. The van der Waals surface area contributed by atoms with Crippen molar-refractivity contribution in [2.45, 2.75) is 128 Å². The van der Waals surface area contributed by atoms with Crippen LogP contribution in [0.3, 0.4) is 0 Å². The molecule has 2 aliphatic carbocycles. The van der Waals surface area contributed by atoms with E-state index >= 15 is 0 Å². The van der Waals surface area contributed by atoms with Crippen LogP contribution in [0.1, 0.15) is 138 Å². The number of hydrogen-bond acceptors (Lipinski definition) is 3. The normalized spacial score (nSPS) is 24.0. The van der Waals surface area contributed by atoms with Gasteiger partial charge in [-0.1, -0.05) is 85.6 Å². The number of halogens is 5. The molecule has 9 heteroatoms. The van der Waals surface area contributed by atoms with Gasteiger partial charge in [-0.2, -0.15) is 22.0 Å². The molecule has 1 fully saturated rings. The minimum absolute atomic E-state index is 0.0260. The number of rotatable bonds is 5. The van der Waals surface area contributed by atoms with Crippen molar-refractivity contribution >= 4 is 10.3 Å². The summed E-state index contributed by atoms with van der Waals surface area (Å²) in [7, 11) is -1.50. The molecule has 0 radical (unpaired) electrons. The molecule has 2 atom stereocenters. The van der Waals surface area contributed by atoms with Crippen LogP contribution in [0, 0.1) is 5.41 Å². The zero-order valence-corrected chi connectivity index (χ0v) is 27.7. The molecule has 2 aromatic rings. The molecule has 3 aliphatic rings. The standard InChI is InChI=1S/C34H46F5NO2S/c1-20(2)28-26-27(25-23(40-28)18-31(6,7)19-24(25)42-43(8,9)30(3,4)5)32(16-10-11-17-32)41-29(26)21-12-14-22(15-13-21)33(35,36)34(37,38)39/h12-15,20,24,29H,10-11,16-19H2,1-9H3. The van der Waals surface area contributed by atoms with E-state index in [0.717, 1.165) is 78.7 Å². The third-order valence-corrected chi connectivity index (χ3v) is 13.5. The van der Waals surface area contributed by atoms with Crippen LogP contribution in [0.5, 0.6) is 0 Å². The van der Waals surface area contributed by atoms with Crippen LogP contribution >= 0.6 is 10.3 Å². The molecule has 1 spiro atoms. The first kappa shape index (κ1) is 32.7. The Bertz CT molecular complexity index is 1370. The van der Waals surface area contributed by atoms with E-state index in [9.17, 15) is 22.0 Å². The molecule has 1 aromatic carbocycles. The maximum atomic E-state index is 14.2. The van der Waals surface area contributed by atoms with Crippen molar-refractivity contribution in [3.8, 4) is 0 Å². The second-order valence-electron chi connectivity index (χ2n) is 15.2. The highest BCUT2D eigenvalue weighted by molar-refractivity contribution is 8.29. The largest absolute Gasteiger partial charge is 0.458 e. The lowest BCUT2D eigenvalue weighted by molar-refractivity contribution is -0.289. The number of nitrogens with zero attached hydrogens (tertiary/aromatic N) is 1. The highest BCUT2D eigenvalue weighted by Gasteiger charge is 2.59. The van der Waals surface area contributed by atoms with Gasteiger partial charge >= 0.3 is 12.1 Å². The van der Waals surface area contributed by atoms with Gasteiger partial charge in [0.25, 0.3) is 0 Å². The Kier molecular flexibility index (Phi) is 7.91. The van der Waals surface area contributed by atoms with Crippen molar-refractivity contribution < 1.29 is 30.9 Å². The molecule has 240 valence electrons. The van der Waals surface area contributed by atoms with Crippen LogP contribution in [0.15, 0.2) is 24.3 Å². The van der Waals surface area contributed by atoms with Gasteiger partial charge in [0.2, 0.25) is 0 Å². The molecular weight excluding hydrogens is 581 g/mol. The number of hydrogen-bond donors (Lipinski definition) is 0.